The highest BCUT2D eigenvalue weighted by molar-refractivity contribution is 6.84. The predicted octanol–water partition coefficient (Wildman–Crippen LogP) is 6.58. The first-order valence-corrected chi connectivity index (χ1v) is 23.7. The number of ether oxygens (including phenoxy) is 2. The molecule has 256 valence electrons. The number of anilines is 1. The van der Waals surface area contributed by atoms with Crippen LogP contribution in [0.2, 0.25) is 41.8 Å². The number of methoxy groups -OCH3 is 1. The van der Waals surface area contributed by atoms with Gasteiger partial charge in [-0.25, -0.2) is 4.79 Å². The van der Waals surface area contributed by atoms with Gasteiger partial charge < -0.3 is 32.2 Å². The second-order valence-corrected chi connectivity index (χ2v) is 27.8. The Labute approximate surface area is 276 Å². The summed E-state index contributed by atoms with van der Waals surface area (Å²) in [6.07, 6.45) is -0.807. The SMILES string of the molecule is COc1ccc(C(=O)Nc2ccn([C@@H]3O[C@@H]4CO[Si](C(C)C)(C(C)C)O[Si](C(C)C)(C(C)C)O[C@H]4[C@H]3O[Si](C)(C)C)c(=O)n2)cc1. The molecule has 0 saturated carbocycles. The second kappa shape index (κ2) is 14.1. The van der Waals surface area contributed by atoms with Crippen LogP contribution in [0.25, 0.3) is 0 Å². The number of hydrogen-bond donors (Lipinski definition) is 1. The maximum absolute atomic E-state index is 13.6. The highest BCUT2D eigenvalue weighted by atomic mass is 28.5. The van der Waals surface area contributed by atoms with Crippen LogP contribution in [0.15, 0.2) is 41.3 Å². The monoisotopic (exact) mass is 691 g/mol. The molecular formula is C32H53N3O8Si3. The van der Waals surface area contributed by atoms with Crippen molar-refractivity contribution >= 4 is 37.2 Å². The van der Waals surface area contributed by atoms with Crippen LogP contribution >= 0.6 is 0 Å². The van der Waals surface area contributed by atoms with Gasteiger partial charge >= 0.3 is 22.8 Å². The first-order chi connectivity index (χ1) is 21.4. The minimum Gasteiger partial charge on any atom is -0.497 e. The third-order valence-corrected chi connectivity index (χ3v) is 20.0. The maximum atomic E-state index is 13.6. The third kappa shape index (κ3) is 7.43. The van der Waals surface area contributed by atoms with Crippen LogP contribution in [0.5, 0.6) is 5.75 Å². The number of fused-ring (bicyclic) bond motifs is 1. The third-order valence-electron chi connectivity index (χ3n) is 8.80. The zero-order valence-corrected chi connectivity index (χ0v) is 32.5. The van der Waals surface area contributed by atoms with Gasteiger partial charge in [-0.3, -0.25) is 9.36 Å². The molecule has 11 nitrogen and oxygen atoms in total. The molecule has 0 spiro atoms. The summed E-state index contributed by atoms with van der Waals surface area (Å²) in [5, 5.41) is 2.72. The quantitative estimate of drug-likeness (QED) is 0.276. The normalized spacial score (nSPS) is 24.6. The fourth-order valence-electron chi connectivity index (χ4n) is 6.49. The fourth-order valence-corrected chi connectivity index (χ4v) is 18.8. The van der Waals surface area contributed by atoms with Crippen LogP contribution < -0.4 is 15.7 Å². The molecule has 2 saturated heterocycles. The van der Waals surface area contributed by atoms with Crippen LogP contribution in [0.1, 0.15) is 72.0 Å². The van der Waals surface area contributed by atoms with E-state index in [1.807, 2.05) is 0 Å². The summed E-state index contributed by atoms with van der Waals surface area (Å²) in [6, 6.07) is 8.28. The number of nitrogens with one attached hydrogen (secondary N) is 1. The van der Waals surface area contributed by atoms with Crippen molar-refractivity contribution < 1.29 is 31.7 Å². The van der Waals surface area contributed by atoms with E-state index in [4.69, 9.17) is 26.9 Å². The summed E-state index contributed by atoms with van der Waals surface area (Å²) >= 11 is 0. The van der Waals surface area contributed by atoms with Gasteiger partial charge in [0.15, 0.2) is 14.5 Å². The summed E-state index contributed by atoms with van der Waals surface area (Å²) in [7, 11) is -6.36. The van der Waals surface area contributed by atoms with Crippen LogP contribution in [0, 0.1) is 0 Å². The largest absolute Gasteiger partial charge is 0.497 e. The van der Waals surface area contributed by atoms with Crippen LogP contribution in [0.4, 0.5) is 5.82 Å². The van der Waals surface area contributed by atoms with Crippen LogP contribution in [0.3, 0.4) is 0 Å². The number of rotatable bonds is 10. The number of carbonyl (C=O) groups is 1. The van der Waals surface area contributed by atoms with Crippen LogP contribution in [-0.4, -0.2) is 72.9 Å². The molecule has 1 amide bonds. The lowest BCUT2D eigenvalue weighted by molar-refractivity contribution is -0.0591. The predicted molar refractivity (Wildman–Crippen MR) is 185 cm³/mol. The molecule has 0 aliphatic carbocycles. The molecule has 1 aromatic heterocycles. The van der Waals surface area contributed by atoms with E-state index in [9.17, 15) is 9.59 Å². The molecule has 14 heteroatoms. The van der Waals surface area contributed by atoms with Gasteiger partial charge in [0, 0.05) is 11.8 Å². The van der Waals surface area contributed by atoms with E-state index in [0.29, 0.717) is 11.3 Å². The molecule has 1 N–H and O–H groups in total. The number of aromatic nitrogens is 2. The highest BCUT2D eigenvalue weighted by Crippen LogP contribution is 2.49. The molecule has 0 unspecified atom stereocenters. The van der Waals surface area contributed by atoms with Gasteiger partial charge in [0.05, 0.1) is 13.7 Å². The molecule has 2 fully saturated rings. The second-order valence-electron chi connectivity index (χ2n) is 14.5. The highest BCUT2D eigenvalue weighted by Gasteiger charge is 2.62. The zero-order chi connectivity index (χ0) is 34.2. The Hall–Kier alpha value is -2.18. The summed E-state index contributed by atoms with van der Waals surface area (Å²) in [4.78, 5) is 30.6. The van der Waals surface area contributed by atoms with E-state index in [2.05, 4.69) is 85.3 Å². The molecule has 0 bridgehead atoms. The topological polar surface area (TPSA) is 119 Å². The Balaban J connectivity index is 1.72. The molecule has 1 aromatic carbocycles. The Bertz CT molecular complexity index is 1390. The first kappa shape index (κ1) is 36.7. The van der Waals surface area contributed by atoms with Gasteiger partial charge in [-0.05, 0) is 72.1 Å². The molecule has 4 rings (SSSR count). The Morgan fingerprint density at radius 2 is 1.54 bits per heavy atom. The van der Waals surface area contributed by atoms with Crippen molar-refractivity contribution in [2.45, 2.75) is 122 Å². The summed E-state index contributed by atoms with van der Waals surface area (Å²) in [6.45, 7) is 24.0. The van der Waals surface area contributed by atoms with E-state index >= 15 is 0 Å². The van der Waals surface area contributed by atoms with Gasteiger partial charge in [-0.2, -0.15) is 4.98 Å². The number of benzene rings is 1. The van der Waals surface area contributed by atoms with Gasteiger partial charge in [0.2, 0.25) is 0 Å². The number of amides is 1. The lowest BCUT2D eigenvalue weighted by Gasteiger charge is -2.51. The number of carbonyl (C=O) groups excluding carboxylic acids is 1. The zero-order valence-electron chi connectivity index (χ0n) is 29.5. The minimum atomic E-state index is -2.96. The smallest absolute Gasteiger partial charge is 0.351 e. The molecule has 2 aliphatic heterocycles. The van der Waals surface area contributed by atoms with Gasteiger partial charge in [0.25, 0.3) is 5.91 Å². The Morgan fingerprint density at radius 3 is 2.04 bits per heavy atom. The molecule has 2 aromatic rings. The van der Waals surface area contributed by atoms with Crippen molar-refractivity contribution in [2.24, 2.45) is 0 Å². The molecule has 2 aliphatic rings. The standard InChI is InChI=1S/C32H53N3O8Si3/c1-20(2)45(21(3)4)39-19-26-28(42-46(43-45,22(5)6)23(7)8)29(41-44(10,11)12)31(40-26)35-18-17-27(34-32(35)37)33-30(36)24-13-15-25(38-9)16-14-24/h13-18,20-23,26,28-29,31H,19H2,1-12H3,(H,33,34,36,37)/t26-,28-,29-,31-/m1/s1. The maximum Gasteiger partial charge on any atom is 0.351 e. The molecular weight excluding hydrogens is 639 g/mol. The Kier molecular flexibility index (Phi) is 11.3. The molecule has 0 radical (unpaired) electrons. The number of hydrogen-bond acceptors (Lipinski definition) is 9. The average Bonchev–Trinajstić information content (AvgIpc) is 3.26. The van der Waals surface area contributed by atoms with Gasteiger partial charge in [-0.15, -0.1) is 0 Å². The summed E-state index contributed by atoms with van der Waals surface area (Å²) in [5.41, 5.74) is 0.479. The molecule has 4 atom stereocenters. The fraction of sp³-hybridized carbons (Fsp3) is 0.656. The lowest BCUT2D eigenvalue weighted by Crippen LogP contribution is -2.66. The van der Waals surface area contributed by atoms with E-state index < -0.39 is 55.7 Å². The van der Waals surface area contributed by atoms with Crippen molar-refractivity contribution in [3.8, 4) is 5.75 Å². The molecule has 46 heavy (non-hydrogen) atoms. The van der Waals surface area contributed by atoms with E-state index in [0.717, 1.165) is 0 Å². The summed E-state index contributed by atoms with van der Waals surface area (Å²) in [5.74, 6) is 0.387. The van der Waals surface area contributed by atoms with Crippen LogP contribution in [-0.2, 0) is 22.1 Å². The van der Waals surface area contributed by atoms with E-state index in [-0.39, 0.29) is 40.5 Å². The average molecular weight is 692 g/mol. The molecule has 3 heterocycles. The van der Waals surface area contributed by atoms with Crippen molar-refractivity contribution in [3.63, 3.8) is 0 Å². The van der Waals surface area contributed by atoms with E-state index in [1.54, 1.807) is 43.6 Å². The minimum absolute atomic E-state index is 0.129. The first-order valence-electron chi connectivity index (χ1n) is 16.3. The number of nitrogens with zero attached hydrogens (tertiary/aromatic N) is 2. The lowest BCUT2D eigenvalue weighted by atomic mass is 10.1. The van der Waals surface area contributed by atoms with Crippen molar-refractivity contribution in [3.05, 3.63) is 52.6 Å². The van der Waals surface area contributed by atoms with E-state index in [1.165, 1.54) is 4.57 Å². The van der Waals surface area contributed by atoms with Gasteiger partial charge in [-0.1, -0.05) is 55.4 Å². The Morgan fingerprint density at radius 1 is 0.957 bits per heavy atom. The van der Waals surface area contributed by atoms with Crippen molar-refractivity contribution in [2.75, 3.05) is 19.0 Å². The van der Waals surface area contributed by atoms with Gasteiger partial charge in [0.1, 0.15) is 29.9 Å². The van der Waals surface area contributed by atoms with Crippen molar-refractivity contribution in [1.82, 2.24) is 9.55 Å². The van der Waals surface area contributed by atoms with Crippen molar-refractivity contribution in [1.29, 1.82) is 0 Å². The summed E-state index contributed by atoms with van der Waals surface area (Å²) < 4.78 is 41.7.